The Morgan fingerprint density at radius 2 is 2.29 bits per heavy atom. The third kappa shape index (κ3) is 5.21. The summed E-state index contributed by atoms with van der Waals surface area (Å²) in [6.45, 7) is 2.51. The molecule has 0 spiro atoms. The summed E-state index contributed by atoms with van der Waals surface area (Å²) in [5.74, 6) is -0.501. The number of amides is 1. The van der Waals surface area contributed by atoms with Crippen molar-refractivity contribution >= 4 is 40.1 Å². The molecule has 0 radical (unpaired) electrons. The molecule has 1 N–H and O–H groups in total. The van der Waals surface area contributed by atoms with E-state index in [1.54, 1.807) is 0 Å². The van der Waals surface area contributed by atoms with Crippen molar-refractivity contribution in [2.45, 2.75) is 25.1 Å². The Labute approximate surface area is 119 Å². The average Bonchev–Trinajstić information content (AvgIpc) is 2.23. The number of carbonyl (C=O) groups excluding carboxylic acids is 1. The van der Waals surface area contributed by atoms with Crippen LogP contribution in [0.3, 0.4) is 0 Å². The molecule has 94 valence electrons. The second kappa shape index (κ2) is 7.16. The minimum absolute atomic E-state index is 0.123. The van der Waals surface area contributed by atoms with E-state index in [0.29, 0.717) is 15.7 Å². The predicted molar refractivity (Wildman–Crippen MR) is 76.0 cm³/mol. The van der Waals surface area contributed by atoms with Gasteiger partial charge in [-0.05, 0) is 60.6 Å². The molecule has 0 aliphatic rings. The van der Waals surface area contributed by atoms with Crippen molar-refractivity contribution in [3.8, 4) is 0 Å². The topological polar surface area (TPSA) is 29.1 Å². The lowest BCUT2D eigenvalue weighted by molar-refractivity contribution is 0.0952. The first-order valence-corrected chi connectivity index (χ1v) is 6.89. The Morgan fingerprint density at radius 3 is 2.88 bits per heavy atom. The number of alkyl halides is 1. The summed E-state index contributed by atoms with van der Waals surface area (Å²) in [6, 6.07) is 4.13. The van der Waals surface area contributed by atoms with Gasteiger partial charge in [0.2, 0.25) is 0 Å². The van der Waals surface area contributed by atoms with Crippen LogP contribution in [0.5, 0.6) is 0 Å². The maximum Gasteiger partial charge on any atom is 0.252 e. The zero-order valence-corrected chi connectivity index (χ0v) is 12.4. The van der Waals surface area contributed by atoms with E-state index in [0.717, 1.165) is 12.8 Å². The molecule has 1 rings (SSSR count). The second-order valence-electron chi connectivity index (χ2n) is 3.80. The van der Waals surface area contributed by atoms with Crippen molar-refractivity contribution in [3.63, 3.8) is 0 Å². The molecule has 0 saturated carbocycles. The number of halogens is 3. The number of hydrogen-bond acceptors (Lipinski definition) is 1. The Hall–Kier alpha value is -0.360. The van der Waals surface area contributed by atoms with Gasteiger partial charge in [0.05, 0.1) is 5.56 Å². The highest BCUT2D eigenvalue weighted by molar-refractivity contribution is 14.1. The van der Waals surface area contributed by atoms with E-state index in [1.165, 1.54) is 18.2 Å². The fourth-order valence-electron chi connectivity index (χ4n) is 1.35. The minimum Gasteiger partial charge on any atom is -0.352 e. The monoisotopic (exact) mass is 369 g/mol. The van der Waals surface area contributed by atoms with Crippen LogP contribution in [-0.2, 0) is 0 Å². The molecule has 17 heavy (non-hydrogen) atoms. The third-order valence-corrected chi connectivity index (χ3v) is 3.35. The zero-order valence-electron chi connectivity index (χ0n) is 9.47. The van der Waals surface area contributed by atoms with Gasteiger partial charge in [-0.15, -0.1) is 11.6 Å². The highest BCUT2D eigenvalue weighted by Gasteiger charge is 2.09. The normalized spacial score (nSPS) is 12.2. The molecule has 0 aromatic heterocycles. The van der Waals surface area contributed by atoms with Crippen LogP contribution in [0.2, 0.25) is 0 Å². The molecule has 0 aliphatic heterocycles. The lowest BCUT2D eigenvalue weighted by Gasteiger charge is -2.07. The van der Waals surface area contributed by atoms with E-state index in [1.807, 2.05) is 29.5 Å². The molecule has 0 bridgehead atoms. The Bertz CT molecular complexity index is 398. The highest BCUT2D eigenvalue weighted by Crippen LogP contribution is 2.13. The molecule has 1 amide bonds. The summed E-state index contributed by atoms with van der Waals surface area (Å²) >= 11 is 7.75. The van der Waals surface area contributed by atoms with Crippen molar-refractivity contribution in [2.75, 3.05) is 6.54 Å². The van der Waals surface area contributed by atoms with Gasteiger partial charge in [0.15, 0.2) is 0 Å². The summed E-state index contributed by atoms with van der Waals surface area (Å²) in [5.41, 5.74) is 0.505. The summed E-state index contributed by atoms with van der Waals surface area (Å²) in [7, 11) is 0. The van der Waals surface area contributed by atoms with E-state index in [-0.39, 0.29) is 17.1 Å². The largest absolute Gasteiger partial charge is 0.352 e. The molecular formula is C12H14ClFINO. The van der Waals surface area contributed by atoms with E-state index < -0.39 is 0 Å². The van der Waals surface area contributed by atoms with Crippen molar-refractivity contribution in [2.24, 2.45) is 0 Å². The van der Waals surface area contributed by atoms with Crippen LogP contribution in [0.25, 0.3) is 0 Å². The highest BCUT2D eigenvalue weighted by atomic mass is 127. The molecule has 1 aromatic rings. The minimum atomic E-state index is -0.332. The molecule has 1 unspecified atom stereocenters. The molecule has 2 nitrogen and oxygen atoms in total. The maximum absolute atomic E-state index is 12.9. The molecule has 0 aliphatic carbocycles. The summed E-state index contributed by atoms with van der Waals surface area (Å²) in [4.78, 5) is 11.8. The van der Waals surface area contributed by atoms with Crippen LogP contribution in [-0.4, -0.2) is 17.8 Å². The average molecular weight is 370 g/mol. The fraction of sp³-hybridized carbons (Fsp3) is 0.417. The number of hydrogen-bond donors (Lipinski definition) is 1. The molecule has 0 fully saturated rings. The maximum atomic E-state index is 12.9. The van der Waals surface area contributed by atoms with Crippen LogP contribution in [0.15, 0.2) is 18.2 Å². The van der Waals surface area contributed by atoms with Gasteiger partial charge in [0.25, 0.3) is 5.91 Å². The van der Waals surface area contributed by atoms with Crippen LogP contribution in [0.1, 0.15) is 30.1 Å². The van der Waals surface area contributed by atoms with Crippen molar-refractivity contribution in [1.82, 2.24) is 5.32 Å². The summed E-state index contributed by atoms with van der Waals surface area (Å²) in [5, 5.41) is 2.91. The van der Waals surface area contributed by atoms with E-state index in [2.05, 4.69) is 5.32 Å². The predicted octanol–water partition coefficient (Wildman–Crippen LogP) is 3.57. The number of rotatable bonds is 5. The first-order chi connectivity index (χ1) is 8.00. The lowest BCUT2D eigenvalue weighted by Crippen LogP contribution is -2.25. The Balaban J connectivity index is 2.47. The molecular weight excluding hydrogens is 355 g/mol. The van der Waals surface area contributed by atoms with Crippen LogP contribution >= 0.6 is 34.2 Å². The first-order valence-electron chi connectivity index (χ1n) is 5.38. The second-order valence-corrected chi connectivity index (χ2v) is 5.71. The van der Waals surface area contributed by atoms with E-state index in [9.17, 15) is 9.18 Å². The number of nitrogens with one attached hydrogen (secondary N) is 1. The molecule has 0 heterocycles. The molecule has 5 heteroatoms. The fourth-order valence-corrected chi connectivity index (χ4v) is 2.23. The van der Waals surface area contributed by atoms with Gasteiger partial charge in [0.1, 0.15) is 5.82 Å². The number of benzene rings is 1. The molecule has 0 saturated heterocycles. The van der Waals surface area contributed by atoms with Gasteiger partial charge in [-0.25, -0.2) is 4.39 Å². The molecule has 1 aromatic carbocycles. The van der Waals surface area contributed by atoms with E-state index >= 15 is 0 Å². The third-order valence-electron chi connectivity index (χ3n) is 2.24. The lowest BCUT2D eigenvalue weighted by atomic mass is 10.2. The quantitative estimate of drug-likeness (QED) is 0.480. The van der Waals surface area contributed by atoms with Crippen molar-refractivity contribution in [3.05, 3.63) is 33.1 Å². The van der Waals surface area contributed by atoms with E-state index in [4.69, 9.17) is 11.6 Å². The summed E-state index contributed by atoms with van der Waals surface area (Å²) < 4.78 is 13.5. The van der Waals surface area contributed by atoms with Gasteiger partial charge in [0, 0.05) is 15.5 Å². The zero-order chi connectivity index (χ0) is 12.8. The van der Waals surface area contributed by atoms with Crippen LogP contribution < -0.4 is 5.32 Å². The SMILES string of the molecule is CC(Cl)CCCNC(=O)c1ccc(F)cc1I. The summed E-state index contributed by atoms with van der Waals surface area (Å²) in [6.07, 6.45) is 1.70. The van der Waals surface area contributed by atoms with Gasteiger partial charge < -0.3 is 5.32 Å². The first kappa shape index (κ1) is 14.7. The molecule has 1 atom stereocenters. The van der Waals surface area contributed by atoms with Crippen molar-refractivity contribution in [1.29, 1.82) is 0 Å². The Morgan fingerprint density at radius 1 is 1.59 bits per heavy atom. The van der Waals surface area contributed by atoms with Gasteiger partial charge >= 0.3 is 0 Å². The number of carbonyl (C=O) groups is 1. The standard InChI is InChI=1S/C12H14ClFINO/c1-8(13)3-2-6-16-12(17)10-5-4-9(14)7-11(10)15/h4-5,7-8H,2-3,6H2,1H3,(H,16,17). The van der Waals surface area contributed by atoms with Gasteiger partial charge in [-0.3, -0.25) is 4.79 Å². The van der Waals surface area contributed by atoms with Crippen molar-refractivity contribution < 1.29 is 9.18 Å². The van der Waals surface area contributed by atoms with Crippen LogP contribution in [0, 0.1) is 9.39 Å². The van der Waals surface area contributed by atoms with Crippen LogP contribution in [0.4, 0.5) is 4.39 Å². The Kier molecular flexibility index (Phi) is 6.19. The van der Waals surface area contributed by atoms with Gasteiger partial charge in [-0.2, -0.15) is 0 Å². The van der Waals surface area contributed by atoms with Gasteiger partial charge in [-0.1, -0.05) is 0 Å². The smallest absolute Gasteiger partial charge is 0.252 e.